The van der Waals surface area contributed by atoms with Crippen LogP contribution >= 0.6 is 0 Å². The Morgan fingerprint density at radius 1 is 1.91 bits per heavy atom. The van der Waals surface area contributed by atoms with Gasteiger partial charge in [-0.2, -0.15) is 0 Å². The predicted octanol–water partition coefficient (Wildman–Crippen LogP) is 0.581. The van der Waals surface area contributed by atoms with Crippen molar-refractivity contribution in [3.05, 3.63) is 12.7 Å². The van der Waals surface area contributed by atoms with Gasteiger partial charge in [-0.15, -0.1) is 6.58 Å². The van der Waals surface area contributed by atoms with Crippen molar-refractivity contribution in [1.29, 1.82) is 0 Å². The van der Waals surface area contributed by atoms with E-state index in [-0.39, 0.29) is 6.17 Å². The van der Waals surface area contributed by atoms with Gasteiger partial charge >= 0.3 is 0 Å². The molecular weight excluding hydrogens is 138 g/mol. The van der Waals surface area contributed by atoms with Crippen molar-refractivity contribution in [2.45, 2.75) is 19.5 Å². The molecule has 0 aliphatic carbocycles. The van der Waals surface area contributed by atoms with Crippen molar-refractivity contribution in [3.63, 3.8) is 0 Å². The first kappa shape index (κ1) is 8.27. The molecule has 0 aromatic heterocycles. The topological polar surface area (TPSA) is 41.6 Å². The maximum absolute atomic E-state index is 5.66. The van der Waals surface area contributed by atoms with Crippen LogP contribution in [0.15, 0.2) is 17.6 Å². The third kappa shape index (κ3) is 1.80. The average Bonchev–Trinajstić information content (AvgIpc) is 2.32. The smallest absolute Gasteiger partial charge is 0.117 e. The molecule has 0 bridgehead atoms. The van der Waals surface area contributed by atoms with Crippen molar-refractivity contribution in [1.82, 2.24) is 4.90 Å². The van der Waals surface area contributed by atoms with Gasteiger partial charge in [0.05, 0.1) is 6.54 Å². The Balaban J connectivity index is 2.57. The molecule has 11 heavy (non-hydrogen) atoms. The molecule has 0 radical (unpaired) electrons. The second-order valence-electron chi connectivity index (χ2n) is 2.64. The summed E-state index contributed by atoms with van der Waals surface area (Å²) in [5.41, 5.74) is 5.66. The van der Waals surface area contributed by atoms with E-state index in [0.29, 0.717) is 0 Å². The molecule has 0 saturated heterocycles. The van der Waals surface area contributed by atoms with Crippen LogP contribution in [0.4, 0.5) is 0 Å². The van der Waals surface area contributed by atoms with Crippen LogP contribution in [0.25, 0.3) is 0 Å². The summed E-state index contributed by atoms with van der Waals surface area (Å²) in [6, 6.07) is 0. The molecule has 0 saturated carbocycles. The Kier molecular flexibility index (Phi) is 2.65. The van der Waals surface area contributed by atoms with Crippen LogP contribution in [0.1, 0.15) is 13.3 Å². The molecule has 0 spiro atoms. The van der Waals surface area contributed by atoms with Crippen molar-refractivity contribution in [2.75, 3.05) is 13.1 Å². The van der Waals surface area contributed by atoms with Crippen molar-refractivity contribution in [2.24, 2.45) is 10.7 Å². The first-order valence-electron chi connectivity index (χ1n) is 3.96. The summed E-state index contributed by atoms with van der Waals surface area (Å²) < 4.78 is 0. The lowest BCUT2D eigenvalue weighted by molar-refractivity contribution is 0.443. The van der Waals surface area contributed by atoms with E-state index in [4.69, 9.17) is 5.73 Å². The van der Waals surface area contributed by atoms with E-state index in [1.54, 1.807) is 0 Å². The number of hydrogen-bond donors (Lipinski definition) is 1. The lowest BCUT2D eigenvalue weighted by Crippen LogP contribution is -2.31. The number of nitrogens with zero attached hydrogens (tertiary/aromatic N) is 2. The largest absolute Gasteiger partial charge is 0.357 e. The Bertz CT molecular complexity index is 174. The summed E-state index contributed by atoms with van der Waals surface area (Å²) in [4.78, 5) is 6.47. The van der Waals surface area contributed by atoms with E-state index in [0.717, 1.165) is 25.3 Å². The average molecular weight is 153 g/mol. The van der Waals surface area contributed by atoms with Crippen LogP contribution in [-0.2, 0) is 0 Å². The van der Waals surface area contributed by atoms with Gasteiger partial charge in [0.25, 0.3) is 0 Å². The highest BCUT2D eigenvalue weighted by Gasteiger charge is 2.18. The van der Waals surface area contributed by atoms with Gasteiger partial charge < -0.3 is 10.6 Å². The maximum Gasteiger partial charge on any atom is 0.117 e. The third-order valence-corrected chi connectivity index (χ3v) is 1.80. The van der Waals surface area contributed by atoms with E-state index in [9.17, 15) is 0 Å². The zero-order valence-electron chi connectivity index (χ0n) is 6.95. The van der Waals surface area contributed by atoms with E-state index >= 15 is 0 Å². The molecule has 1 unspecified atom stereocenters. The fraction of sp³-hybridized carbons (Fsp3) is 0.625. The summed E-state index contributed by atoms with van der Waals surface area (Å²) in [5, 5.41) is 0. The van der Waals surface area contributed by atoms with Crippen molar-refractivity contribution >= 4 is 5.84 Å². The molecule has 0 fully saturated rings. The number of hydrogen-bond acceptors (Lipinski definition) is 3. The van der Waals surface area contributed by atoms with Crippen LogP contribution in [0.2, 0.25) is 0 Å². The summed E-state index contributed by atoms with van der Waals surface area (Å²) in [6.45, 7) is 7.62. The molecule has 62 valence electrons. The van der Waals surface area contributed by atoms with Crippen molar-refractivity contribution < 1.29 is 0 Å². The highest BCUT2D eigenvalue weighted by molar-refractivity contribution is 5.85. The Hall–Kier alpha value is -0.830. The van der Waals surface area contributed by atoms with Gasteiger partial charge in [0, 0.05) is 13.0 Å². The fourth-order valence-corrected chi connectivity index (χ4v) is 1.27. The van der Waals surface area contributed by atoms with Crippen LogP contribution in [0.3, 0.4) is 0 Å². The standard InChI is InChI=1S/C8H15N3/c1-3-5-8-10-7(9)6-11(8)4-2/h3,7H,1,4-6,9H2,2H3. The van der Waals surface area contributed by atoms with Gasteiger partial charge in [0.1, 0.15) is 12.0 Å². The minimum absolute atomic E-state index is 0.0232. The highest BCUT2D eigenvalue weighted by Crippen LogP contribution is 2.07. The number of aliphatic imine (C=N–C) groups is 1. The molecule has 1 heterocycles. The maximum atomic E-state index is 5.66. The molecule has 0 aromatic rings. The van der Waals surface area contributed by atoms with E-state index in [1.165, 1.54) is 0 Å². The zero-order valence-corrected chi connectivity index (χ0v) is 6.95. The molecule has 0 amide bonds. The van der Waals surface area contributed by atoms with Gasteiger partial charge in [-0.25, -0.2) is 0 Å². The first-order chi connectivity index (χ1) is 5.27. The normalized spacial score (nSPS) is 23.6. The molecule has 1 aliphatic heterocycles. The summed E-state index contributed by atoms with van der Waals surface area (Å²) in [5.74, 6) is 1.08. The van der Waals surface area contributed by atoms with Gasteiger partial charge in [-0.05, 0) is 6.92 Å². The number of amidine groups is 1. The summed E-state index contributed by atoms with van der Waals surface area (Å²) >= 11 is 0. The van der Waals surface area contributed by atoms with E-state index in [1.807, 2.05) is 6.08 Å². The number of rotatable bonds is 3. The molecular formula is C8H15N3. The molecule has 3 heteroatoms. The first-order valence-corrected chi connectivity index (χ1v) is 3.96. The van der Waals surface area contributed by atoms with Gasteiger partial charge in [-0.3, -0.25) is 4.99 Å². The molecule has 1 aliphatic rings. The van der Waals surface area contributed by atoms with Crippen LogP contribution < -0.4 is 5.73 Å². The zero-order chi connectivity index (χ0) is 8.27. The minimum Gasteiger partial charge on any atom is -0.357 e. The van der Waals surface area contributed by atoms with Crippen LogP contribution in [0, 0.1) is 0 Å². The lowest BCUT2D eigenvalue weighted by atomic mass is 10.3. The monoisotopic (exact) mass is 153 g/mol. The Labute approximate surface area is 67.6 Å². The Morgan fingerprint density at radius 3 is 3.18 bits per heavy atom. The molecule has 0 aromatic carbocycles. The SMILES string of the molecule is C=CCC1=NC(N)CN1CC. The fourth-order valence-electron chi connectivity index (χ4n) is 1.27. The predicted molar refractivity (Wildman–Crippen MR) is 47.5 cm³/mol. The van der Waals surface area contributed by atoms with Crippen LogP contribution in [0.5, 0.6) is 0 Å². The molecule has 3 nitrogen and oxygen atoms in total. The van der Waals surface area contributed by atoms with E-state index < -0.39 is 0 Å². The Morgan fingerprint density at radius 2 is 2.64 bits per heavy atom. The highest BCUT2D eigenvalue weighted by atomic mass is 15.3. The van der Waals surface area contributed by atoms with E-state index in [2.05, 4.69) is 23.4 Å². The number of nitrogens with two attached hydrogens (primary N) is 1. The third-order valence-electron chi connectivity index (χ3n) is 1.80. The second kappa shape index (κ2) is 3.53. The summed E-state index contributed by atoms with van der Waals surface area (Å²) in [7, 11) is 0. The van der Waals surface area contributed by atoms with Gasteiger partial charge in [0.2, 0.25) is 0 Å². The molecule has 1 atom stereocenters. The molecule has 2 N–H and O–H groups in total. The van der Waals surface area contributed by atoms with Crippen LogP contribution in [-0.4, -0.2) is 30.0 Å². The van der Waals surface area contributed by atoms with Gasteiger partial charge in [0.15, 0.2) is 0 Å². The quantitative estimate of drug-likeness (QED) is 0.603. The lowest BCUT2D eigenvalue weighted by Gasteiger charge is -2.16. The minimum atomic E-state index is -0.0232. The summed E-state index contributed by atoms with van der Waals surface area (Å²) in [6.07, 6.45) is 2.67. The van der Waals surface area contributed by atoms with Gasteiger partial charge in [-0.1, -0.05) is 6.08 Å². The molecule has 1 rings (SSSR count). The number of likely N-dealkylation sites (N-methyl/N-ethyl adjacent to an activating group) is 1. The van der Waals surface area contributed by atoms with Crippen molar-refractivity contribution in [3.8, 4) is 0 Å². The second-order valence-corrected chi connectivity index (χ2v) is 2.64.